The number of hydrogen-bond acceptors (Lipinski definition) is 4. The van der Waals surface area contributed by atoms with Gasteiger partial charge in [-0.1, -0.05) is 12.1 Å². The average Bonchev–Trinajstić information content (AvgIpc) is 2.69. The second kappa shape index (κ2) is 10.9. The van der Waals surface area contributed by atoms with Gasteiger partial charge in [-0.3, -0.25) is 9.59 Å². The molecule has 0 radical (unpaired) electrons. The first-order valence-corrected chi connectivity index (χ1v) is 9.28. The highest BCUT2D eigenvalue weighted by atomic mass is 35.5. The molecule has 0 spiro atoms. The predicted molar refractivity (Wildman–Crippen MR) is 112 cm³/mol. The van der Waals surface area contributed by atoms with Crippen LogP contribution in [0, 0.1) is 5.82 Å². The van der Waals surface area contributed by atoms with Crippen LogP contribution in [0.1, 0.15) is 35.3 Å². The number of carbonyl (C=O) groups is 2. The number of morpholine rings is 1. The van der Waals surface area contributed by atoms with E-state index < -0.39 is 0 Å². The van der Waals surface area contributed by atoms with Crippen LogP contribution in [0.3, 0.4) is 0 Å². The number of carbonyl (C=O) groups excluding carboxylic acids is 2. The van der Waals surface area contributed by atoms with Gasteiger partial charge in [-0.25, -0.2) is 4.39 Å². The number of halogens is 2. The van der Waals surface area contributed by atoms with Gasteiger partial charge >= 0.3 is 0 Å². The first-order chi connectivity index (χ1) is 13.5. The summed E-state index contributed by atoms with van der Waals surface area (Å²) in [5.74, 6) is -0.732. The number of hydrogen-bond donors (Lipinski definition) is 3. The molecular weight excluding hydrogens is 397 g/mol. The zero-order valence-corrected chi connectivity index (χ0v) is 16.9. The Hall–Kier alpha value is -2.48. The van der Waals surface area contributed by atoms with Gasteiger partial charge in [0, 0.05) is 30.3 Å². The molecule has 2 atom stereocenters. The lowest BCUT2D eigenvalue weighted by Crippen LogP contribution is -2.44. The summed E-state index contributed by atoms with van der Waals surface area (Å²) in [6, 6.07) is 12.5. The molecule has 1 heterocycles. The van der Waals surface area contributed by atoms with Crippen LogP contribution in [0.25, 0.3) is 0 Å². The molecule has 2 amide bonds. The maximum absolute atomic E-state index is 12.9. The van der Waals surface area contributed by atoms with Gasteiger partial charge < -0.3 is 20.7 Å². The normalized spacial score (nSPS) is 17.0. The van der Waals surface area contributed by atoms with Gasteiger partial charge in [0.05, 0.1) is 19.3 Å². The molecule has 0 bridgehead atoms. The Labute approximate surface area is 175 Å². The van der Waals surface area contributed by atoms with Crippen LogP contribution in [0.2, 0.25) is 0 Å². The minimum atomic E-state index is -0.385. The molecule has 2 aromatic rings. The van der Waals surface area contributed by atoms with Crippen molar-refractivity contribution in [3.05, 3.63) is 65.5 Å². The highest BCUT2D eigenvalue weighted by Gasteiger charge is 2.18. The average molecular weight is 422 g/mol. The zero-order chi connectivity index (χ0) is 19.9. The second-order valence-electron chi connectivity index (χ2n) is 6.80. The molecule has 1 saturated heterocycles. The third-order valence-corrected chi connectivity index (χ3v) is 4.58. The van der Waals surface area contributed by atoms with Crippen LogP contribution in [0.4, 0.5) is 10.1 Å². The lowest BCUT2D eigenvalue weighted by atomic mass is 10.1. The Balaban J connectivity index is 0.00000300. The smallest absolute Gasteiger partial charge is 0.255 e. The van der Waals surface area contributed by atoms with Crippen molar-refractivity contribution in [1.82, 2.24) is 10.6 Å². The first-order valence-electron chi connectivity index (χ1n) is 9.28. The molecule has 0 aromatic heterocycles. The fourth-order valence-electron chi connectivity index (χ4n) is 3.02. The Bertz CT molecular complexity index is 809. The summed E-state index contributed by atoms with van der Waals surface area (Å²) in [6.45, 7) is 3.90. The summed E-state index contributed by atoms with van der Waals surface area (Å²) in [5, 5.41) is 9.00. The third kappa shape index (κ3) is 6.81. The Morgan fingerprint density at radius 1 is 1.17 bits per heavy atom. The summed E-state index contributed by atoms with van der Waals surface area (Å²) in [4.78, 5) is 24.4. The first kappa shape index (κ1) is 22.8. The Kier molecular flexibility index (Phi) is 8.57. The van der Waals surface area contributed by atoms with Crippen molar-refractivity contribution in [3.8, 4) is 0 Å². The van der Waals surface area contributed by atoms with Gasteiger partial charge in [0.1, 0.15) is 5.82 Å². The van der Waals surface area contributed by atoms with Crippen LogP contribution in [-0.4, -0.2) is 37.6 Å². The maximum atomic E-state index is 12.9. The van der Waals surface area contributed by atoms with Crippen molar-refractivity contribution in [3.63, 3.8) is 0 Å². The monoisotopic (exact) mass is 421 g/mol. The lowest BCUT2D eigenvalue weighted by molar-refractivity contribution is -0.122. The van der Waals surface area contributed by atoms with Crippen molar-refractivity contribution in [2.24, 2.45) is 0 Å². The van der Waals surface area contributed by atoms with Crippen molar-refractivity contribution < 1.29 is 18.7 Å². The number of amides is 2. The molecule has 1 aliphatic rings. The zero-order valence-electron chi connectivity index (χ0n) is 16.1. The summed E-state index contributed by atoms with van der Waals surface area (Å²) >= 11 is 0. The van der Waals surface area contributed by atoms with E-state index in [0.29, 0.717) is 30.9 Å². The van der Waals surface area contributed by atoms with E-state index in [4.69, 9.17) is 4.74 Å². The van der Waals surface area contributed by atoms with E-state index in [1.54, 1.807) is 12.1 Å². The quantitative estimate of drug-likeness (QED) is 0.669. The molecule has 8 heteroatoms. The summed E-state index contributed by atoms with van der Waals surface area (Å²) < 4.78 is 18.3. The van der Waals surface area contributed by atoms with E-state index in [1.165, 1.54) is 24.3 Å². The molecule has 6 nitrogen and oxygen atoms in total. The molecule has 0 aliphatic carbocycles. The minimum Gasteiger partial charge on any atom is -0.378 e. The maximum Gasteiger partial charge on any atom is 0.255 e. The van der Waals surface area contributed by atoms with Crippen molar-refractivity contribution >= 4 is 29.9 Å². The fraction of sp³-hybridized carbons (Fsp3) is 0.333. The van der Waals surface area contributed by atoms with Crippen molar-refractivity contribution in [2.75, 3.05) is 25.1 Å². The van der Waals surface area contributed by atoms with Gasteiger partial charge in [-0.2, -0.15) is 0 Å². The van der Waals surface area contributed by atoms with E-state index in [0.717, 1.165) is 12.1 Å². The van der Waals surface area contributed by atoms with Crippen molar-refractivity contribution in [1.29, 1.82) is 0 Å². The van der Waals surface area contributed by atoms with Crippen LogP contribution < -0.4 is 16.0 Å². The molecule has 1 aliphatic heterocycles. The van der Waals surface area contributed by atoms with E-state index in [9.17, 15) is 14.0 Å². The lowest BCUT2D eigenvalue weighted by Gasteiger charge is -2.24. The molecule has 29 heavy (non-hydrogen) atoms. The molecule has 156 valence electrons. The topological polar surface area (TPSA) is 79.5 Å². The van der Waals surface area contributed by atoms with Gasteiger partial charge in [0.25, 0.3) is 5.91 Å². The van der Waals surface area contributed by atoms with Gasteiger partial charge in [-0.15, -0.1) is 12.4 Å². The van der Waals surface area contributed by atoms with E-state index >= 15 is 0 Å². The van der Waals surface area contributed by atoms with E-state index in [2.05, 4.69) is 16.0 Å². The molecule has 1 fully saturated rings. The summed E-state index contributed by atoms with van der Waals surface area (Å²) in [5.41, 5.74) is 1.94. The van der Waals surface area contributed by atoms with E-state index in [1.807, 2.05) is 19.1 Å². The summed E-state index contributed by atoms with van der Waals surface area (Å²) in [6.07, 6.45) is 0.371. The van der Waals surface area contributed by atoms with Crippen LogP contribution in [-0.2, 0) is 9.53 Å². The molecule has 3 N–H and O–H groups in total. The van der Waals surface area contributed by atoms with Gasteiger partial charge in [0.15, 0.2) is 0 Å². The Morgan fingerprint density at radius 3 is 2.48 bits per heavy atom. The van der Waals surface area contributed by atoms with Crippen molar-refractivity contribution in [2.45, 2.75) is 25.4 Å². The third-order valence-electron chi connectivity index (χ3n) is 4.58. The fourth-order valence-corrected chi connectivity index (χ4v) is 3.02. The summed E-state index contributed by atoms with van der Waals surface area (Å²) in [7, 11) is 0. The number of ether oxygens (including phenoxy) is 1. The van der Waals surface area contributed by atoms with Gasteiger partial charge in [0.2, 0.25) is 5.91 Å². The van der Waals surface area contributed by atoms with E-state index in [-0.39, 0.29) is 42.1 Å². The number of nitrogens with one attached hydrogen (secondary N) is 3. The standard InChI is InChI=1S/C21H24FN3O3.ClH/c1-14(24-20(26)12-19-13-28-11-10-23-19)15-4-8-18(9-5-15)25-21(27)16-2-6-17(22)7-3-16;/h2-9,14,19,23H,10-13H2,1H3,(H,24,26)(H,25,27);1H. The molecule has 2 unspecified atom stereocenters. The number of anilines is 1. The molecular formula is C21H25ClFN3O3. The highest BCUT2D eigenvalue weighted by Crippen LogP contribution is 2.17. The largest absolute Gasteiger partial charge is 0.378 e. The molecule has 0 saturated carbocycles. The van der Waals surface area contributed by atoms with Crippen LogP contribution in [0.15, 0.2) is 48.5 Å². The highest BCUT2D eigenvalue weighted by molar-refractivity contribution is 6.04. The van der Waals surface area contributed by atoms with Crippen LogP contribution in [0.5, 0.6) is 0 Å². The minimum absolute atomic E-state index is 0. The number of benzene rings is 2. The Morgan fingerprint density at radius 2 is 1.86 bits per heavy atom. The SMILES string of the molecule is CC(NC(=O)CC1COCCN1)c1ccc(NC(=O)c2ccc(F)cc2)cc1.Cl. The molecule has 2 aromatic carbocycles. The van der Waals surface area contributed by atoms with Crippen LogP contribution >= 0.6 is 12.4 Å². The second-order valence-corrected chi connectivity index (χ2v) is 6.80. The number of rotatable bonds is 6. The molecule has 3 rings (SSSR count). The predicted octanol–water partition coefficient (Wildman–Crippen LogP) is 3.06. The van der Waals surface area contributed by atoms with Gasteiger partial charge in [-0.05, 0) is 48.9 Å².